The smallest absolute Gasteiger partial charge is 0.282 e. The van der Waals surface area contributed by atoms with Crippen molar-refractivity contribution in [2.24, 2.45) is 16.0 Å². The molecule has 1 aromatic rings. The second-order valence-corrected chi connectivity index (χ2v) is 6.01. The van der Waals surface area contributed by atoms with E-state index >= 15 is 0 Å². The van der Waals surface area contributed by atoms with Crippen molar-refractivity contribution < 1.29 is 4.79 Å². The highest BCUT2D eigenvalue weighted by Gasteiger charge is 2.36. The fourth-order valence-corrected chi connectivity index (χ4v) is 2.85. The number of benzene rings is 1. The van der Waals surface area contributed by atoms with Crippen LogP contribution in [-0.4, -0.2) is 27.0 Å². The molecule has 0 fully saturated rings. The summed E-state index contributed by atoms with van der Waals surface area (Å²) in [6, 6.07) is 9.45. The molecule has 2 heterocycles. The van der Waals surface area contributed by atoms with E-state index in [0.717, 1.165) is 10.6 Å². The molecule has 0 spiro atoms. The minimum Gasteiger partial charge on any atom is -0.282 e. The summed E-state index contributed by atoms with van der Waals surface area (Å²) in [5.74, 6) is -0.0624. The molecule has 106 valence electrons. The van der Waals surface area contributed by atoms with Gasteiger partial charge in [-0.2, -0.15) is 15.1 Å². The molecule has 0 unspecified atom stereocenters. The van der Waals surface area contributed by atoms with Crippen LogP contribution in [0.1, 0.15) is 19.4 Å². The zero-order valence-electron chi connectivity index (χ0n) is 11.7. The molecule has 0 bridgehead atoms. The van der Waals surface area contributed by atoms with Gasteiger partial charge >= 0.3 is 0 Å². The minimum atomic E-state index is -0.386. The Morgan fingerprint density at radius 2 is 2.00 bits per heavy atom. The van der Waals surface area contributed by atoms with Crippen molar-refractivity contribution in [1.82, 2.24) is 5.01 Å². The molecule has 0 atom stereocenters. The second kappa shape index (κ2) is 5.29. The molecular formula is C15H14N4OS. The lowest BCUT2D eigenvalue weighted by Crippen LogP contribution is -2.35. The van der Waals surface area contributed by atoms with E-state index in [1.807, 2.05) is 44.2 Å². The number of carbonyl (C=O) groups excluding carboxylic acids is 1. The maximum Gasteiger partial charge on any atom is 0.283 e. The number of carbonyl (C=O) groups is 1. The van der Waals surface area contributed by atoms with Crippen molar-refractivity contribution in [3.63, 3.8) is 0 Å². The SMILES string of the molecule is CC(C)C1=NN2C(=N)/C(=C\c3ccccc3)C(=O)N=C2S1. The van der Waals surface area contributed by atoms with Crippen molar-refractivity contribution in [1.29, 1.82) is 5.41 Å². The minimum absolute atomic E-state index is 0.0806. The molecule has 0 saturated carbocycles. The monoisotopic (exact) mass is 298 g/mol. The quantitative estimate of drug-likeness (QED) is 0.853. The highest BCUT2D eigenvalue weighted by Crippen LogP contribution is 2.30. The van der Waals surface area contributed by atoms with E-state index in [4.69, 9.17) is 5.41 Å². The molecule has 3 rings (SSSR count). The summed E-state index contributed by atoms with van der Waals surface area (Å²) in [5.41, 5.74) is 1.13. The molecule has 0 aliphatic carbocycles. The summed E-state index contributed by atoms with van der Waals surface area (Å²) in [6.45, 7) is 4.05. The summed E-state index contributed by atoms with van der Waals surface area (Å²) in [5, 5.41) is 15.4. The number of hydrazone groups is 1. The zero-order valence-corrected chi connectivity index (χ0v) is 12.5. The molecule has 21 heavy (non-hydrogen) atoms. The number of nitrogens with one attached hydrogen (secondary N) is 1. The first kappa shape index (κ1) is 13.8. The van der Waals surface area contributed by atoms with Gasteiger partial charge in [-0.05, 0) is 23.4 Å². The Hall–Kier alpha value is -2.21. The topological polar surface area (TPSA) is 68.9 Å². The lowest BCUT2D eigenvalue weighted by molar-refractivity contribution is -0.114. The molecule has 1 aromatic carbocycles. The highest BCUT2D eigenvalue weighted by atomic mass is 32.2. The Kier molecular flexibility index (Phi) is 3.47. The number of hydrogen-bond acceptors (Lipinski definition) is 4. The molecule has 1 N–H and O–H groups in total. The number of nitrogens with zero attached hydrogens (tertiary/aromatic N) is 3. The normalized spacial score (nSPS) is 20.0. The number of fused-ring (bicyclic) bond motifs is 1. The first-order chi connectivity index (χ1) is 10.1. The molecule has 5 nitrogen and oxygen atoms in total. The summed E-state index contributed by atoms with van der Waals surface area (Å²) in [4.78, 5) is 16.2. The van der Waals surface area contributed by atoms with E-state index in [9.17, 15) is 4.79 Å². The van der Waals surface area contributed by atoms with Crippen LogP contribution < -0.4 is 0 Å². The third-order valence-electron chi connectivity index (χ3n) is 3.07. The Labute approximate surface area is 127 Å². The van der Waals surface area contributed by atoms with Gasteiger partial charge < -0.3 is 0 Å². The van der Waals surface area contributed by atoms with Crippen molar-refractivity contribution in [3.05, 3.63) is 41.5 Å². The van der Waals surface area contributed by atoms with Gasteiger partial charge in [-0.25, -0.2) is 0 Å². The predicted molar refractivity (Wildman–Crippen MR) is 86.3 cm³/mol. The molecule has 0 saturated heterocycles. The van der Waals surface area contributed by atoms with E-state index in [-0.39, 0.29) is 23.2 Å². The third-order valence-corrected chi connectivity index (χ3v) is 4.28. The van der Waals surface area contributed by atoms with E-state index in [2.05, 4.69) is 10.1 Å². The second-order valence-electron chi connectivity index (χ2n) is 5.02. The van der Waals surface area contributed by atoms with Crippen molar-refractivity contribution >= 4 is 39.8 Å². The van der Waals surface area contributed by atoms with Crippen LogP contribution in [0.25, 0.3) is 6.08 Å². The van der Waals surface area contributed by atoms with Gasteiger partial charge in [-0.15, -0.1) is 0 Å². The van der Waals surface area contributed by atoms with Gasteiger partial charge in [0.2, 0.25) is 5.17 Å². The van der Waals surface area contributed by atoms with Crippen LogP contribution in [0.5, 0.6) is 0 Å². The lowest BCUT2D eigenvalue weighted by atomic mass is 10.1. The molecular weight excluding hydrogens is 284 g/mol. The van der Waals surface area contributed by atoms with E-state index in [1.54, 1.807) is 6.08 Å². The number of thioether (sulfide) groups is 1. The van der Waals surface area contributed by atoms with Gasteiger partial charge in [-0.3, -0.25) is 10.2 Å². The molecule has 6 heteroatoms. The number of hydrogen-bond donors (Lipinski definition) is 1. The van der Waals surface area contributed by atoms with Crippen LogP contribution >= 0.6 is 11.8 Å². The maximum atomic E-state index is 12.1. The van der Waals surface area contributed by atoms with Crippen LogP contribution in [0, 0.1) is 11.3 Å². The van der Waals surface area contributed by atoms with E-state index < -0.39 is 0 Å². The van der Waals surface area contributed by atoms with Crippen molar-refractivity contribution in [2.45, 2.75) is 13.8 Å². The lowest BCUT2D eigenvalue weighted by Gasteiger charge is -2.20. The van der Waals surface area contributed by atoms with Crippen LogP contribution in [0.15, 0.2) is 46.0 Å². The summed E-state index contributed by atoms with van der Waals surface area (Å²) in [6.07, 6.45) is 1.68. The molecule has 0 aromatic heterocycles. The molecule has 2 aliphatic heterocycles. The fourth-order valence-electron chi connectivity index (χ4n) is 1.96. The first-order valence-electron chi connectivity index (χ1n) is 6.61. The van der Waals surface area contributed by atoms with E-state index in [0.29, 0.717) is 5.17 Å². The van der Waals surface area contributed by atoms with Gasteiger partial charge in [0.05, 0.1) is 5.57 Å². The Balaban J connectivity index is 1.98. The molecule has 0 radical (unpaired) electrons. The molecule has 2 aliphatic rings. The van der Waals surface area contributed by atoms with Gasteiger partial charge in [-0.1, -0.05) is 44.2 Å². The van der Waals surface area contributed by atoms with Crippen LogP contribution in [-0.2, 0) is 4.79 Å². The number of aliphatic imine (C=N–C) groups is 1. The van der Waals surface area contributed by atoms with Gasteiger partial charge in [0.25, 0.3) is 5.91 Å². The average Bonchev–Trinajstić information content (AvgIpc) is 2.89. The largest absolute Gasteiger partial charge is 0.283 e. The van der Waals surface area contributed by atoms with E-state index in [1.165, 1.54) is 16.8 Å². The average molecular weight is 298 g/mol. The van der Waals surface area contributed by atoms with Crippen molar-refractivity contribution in [2.75, 3.05) is 0 Å². The third kappa shape index (κ3) is 2.54. The van der Waals surface area contributed by atoms with Gasteiger partial charge in [0.1, 0.15) is 5.04 Å². The number of rotatable bonds is 2. The fraction of sp³-hybridized carbons (Fsp3) is 0.200. The Bertz CT molecular complexity index is 704. The highest BCUT2D eigenvalue weighted by molar-refractivity contribution is 8.27. The Morgan fingerprint density at radius 1 is 1.29 bits per heavy atom. The van der Waals surface area contributed by atoms with Crippen LogP contribution in [0.4, 0.5) is 0 Å². The number of amides is 1. The van der Waals surface area contributed by atoms with Gasteiger partial charge in [0, 0.05) is 5.92 Å². The summed E-state index contributed by atoms with van der Waals surface area (Å²) in [7, 11) is 0. The van der Waals surface area contributed by atoms with Crippen molar-refractivity contribution in [3.8, 4) is 0 Å². The molecule has 1 amide bonds. The van der Waals surface area contributed by atoms with Gasteiger partial charge in [0.15, 0.2) is 5.84 Å². The summed E-state index contributed by atoms with van der Waals surface area (Å²) < 4.78 is 0. The number of amidine groups is 2. The van der Waals surface area contributed by atoms with Crippen LogP contribution in [0.3, 0.4) is 0 Å². The zero-order chi connectivity index (χ0) is 15.0. The predicted octanol–water partition coefficient (Wildman–Crippen LogP) is 2.96. The standard InChI is InChI=1S/C15H14N4OS/c1-9(2)14-18-19-12(16)11(13(20)17-15(19)21-14)8-10-6-4-3-5-7-10/h3-9,16H,1-2H3/b11-8+,16-12?. The maximum absolute atomic E-state index is 12.1. The Morgan fingerprint density at radius 3 is 2.67 bits per heavy atom. The first-order valence-corrected chi connectivity index (χ1v) is 7.43. The van der Waals surface area contributed by atoms with Crippen LogP contribution in [0.2, 0.25) is 0 Å². The summed E-state index contributed by atoms with van der Waals surface area (Å²) >= 11 is 1.36.